The SMILES string of the molecule is N#Cc1c(N)sc(N=Nc2ccccc2)c1-c1ccc(N)cc1. The maximum Gasteiger partial charge on any atom is 0.150 e. The minimum absolute atomic E-state index is 0.418. The highest BCUT2D eigenvalue weighted by molar-refractivity contribution is 7.20. The van der Waals surface area contributed by atoms with E-state index in [-0.39, 0.29) is 0 Å². The van der Waals surface area contributed by atoms with E-state index >= 15 is 0 Å². The molecule has 112 valence electrons. The third kappa shape index (κ3) is 3.05. The molecule has 0 atom stereocenters. The van der Waals surface area contributed by atoms with E-state index in [0.29, 0.717) is 26.8 Å². The number of rotatable bonds is 3. The summed E-state index contributed by atoms with van der Waals surface area (Å²) < 4.78 is 0. The molecular formula is C17H13N5S. The van der Waals surface area contributed by atoms with Crippen molar-refractivity contribution in [2.45, 2.75) is 0 Å². The third-order valence-electron chi connectivity index (χ3n) is 3.24. The number of nitrogen functional groups attached to an aromatic ring is 2. The van der Waals surface area contributed by atoms with Crippen molar-refractivity contribution in [3.63, 3.8) is 0 Å². The molecule has 1 aromatic heterocycles. The molecule has 5 nitrogen and oxygen atoms in total. The zero-order chi connectivity index (χ0) is 16.2. The predicted octanol–water partition coefficient (Wildman–Crippen LogP) is 4.87. The average molecular weight is 319 g/mol. The molecule has 3 rings (SSSR count). The van der Waals surface area contributed by atoms with Gasteiger partial charge in [0, 0.05) is 11.3 Å². The van der Waals surface area contributed by atoms with Gasteiger partial charge in [-0.3, -0.25) is 0 Å². The highest BCUT2D eigenvalue weighted by atomic mass is 32.1. The molecule has 4 N–H and O–H groups in total. The molecule has 0 unspecified atom stereocenters. The van der Waals surface area contributed by atoms with Crippen LogP contribution in [0, 0.1) is 11.3 Å². The third-order valence-corrected chi connectivity index (χ3v) is 4.14. The van der Waals surface area contributed by atoms with Crippen molar-refractivity contribution in [3.05, 3.63) is 60.2 Å². The van der Waals surface area contributed by atoms with Crippen LogP contribution in [0.15, 0.2) is 64.8 Å². The van der Waals surface area contributed by atoms with Gasteiger partial charge in [0.15, 0.2) is 0 Å². The molecule has 0 aliphatic carbocycles. The van der Waals surface area contributed by atoms with E-state index in [2.05, 4.69) is 16.3 Å². The van der Waals surface area contributed by atoms with E-state index in [1.54, 1.807) is 12.1 Å². The summed E-state index contributed by atoms with van der Waals surface area (Å²) in [5, 5.41) is 18.9. The van der Waals surface area contributed by atoms with Crippen molar-refractivity contribution in [1.29, 1.82) is 5.26 Å². The fourth-order valence-corrected chi connectivity index (χ4v) is 2.99. The lowest BCUT2D eigenvalue weighted by Crippen LogP contribution is -1.87. The first-order valence-corrected chi connectivity index (χ1v) is 7.65. The zero-order valence-electron chi connectivity index (χ0n) is 12.1. The molecule has 3 aromatic rings. The molecule has 0 spiro atoms. The van der Waals surface area contributed by atoms with E-state index < -0.39 is 0 Å². The van der Waals surface area contributed by atoms with Gasteiger partial charge in [0.05, 0.1) is 11.3 Å². The molecule has 6 heteroatoms. The number of hydrogen-bond acceptors (Lipinski definition) is 6. The second kappa shape index (κ2) is 6.30. The Bertz CT molecular complexity index is 889. The van der Waals surface area contributed by atoms with Gasteiger partial charge in [0.25, 0.3) is 0 Å². The van der Waals surface area contributed by atoms with Crippen LogP contribution >= 0.6 is 11.3 Å². The largest absolute Gasteiger partial charge is 0.399 e. The Morgan fingerprint density at radius 3 is 2.26 bits per heavy atom. The minimum atomic E-state index is 0.418. The molecule has 0 radical (unpaired) electrons. The highest BCUT2D eigenvalue weighted by Gasteiger charge is 2.18. The Hall–Kier alpha value is -3.17. The Kier molecular flexibility index (Phi) is 4.04. The van der Waals surface area contributed by atoms with Crippen LogP contribution in [-0.2, 0) is 0 Å². The first-order valence-electron chi connectivity index (χ1n) is 6.84. The van der Waals surface area contributed by atoms with Crippen LogP contribution in [0.25, 0.3) is 11.1 Å². The number of benzene rings is 2. The van der Waals surface area contributed by atoms with Gasteiger partial charge in [-0.2, -0.15) is 5.26 Å². The number of anilines is 2. The van der Waals surface area contributed by atoms with E-state index in [1.807, 2.05) is 42.5 Å². The van der Waals surface area contributed by atoms with Gasteiger partial charge in [0.2, 0.25) is 0 Å². The van der Waals surface area contributed by atoms with Crippen LogP contribution in [0.2, 0.25) is 0 Å². The Morgan fingerprint density at radius 2 is 1.61 bits per heavy atom. The van der Waals surface area contributed by atoms with Gasteiger partial charge in [-0.25, -0.2) is 0 Å². The van der Waals surface area contributed by atoms with Gasteiger partial charge in [0.1, 0.15) is 16.1 Å². The van der Waals surface area contributed by atoms with E-state index in [1.165, 1.54) is 11.3 Å². The summed E-state index contributed by atoms with van der Waals surface area (Å²) in [7, 11) is 0. The Balaban J connectivity index is 2.09. The van der Waals surface area contributed by atoms with Crippen molar-refractivity contribution in [1.82, 2.24) is 0 Å². The quantitative estimate of drug-likeness (QED) is 0.532. The van der Waals surface area contributed by atoms with Crippen LogP contribution in [0.5, 0.6) is 0 Å². The smallest absolute Gasteiger partial charge is 0.150 e. The van der Waals surface area contributed by atoms with E-state index in [4.69, 9.17) is 11.5 Å². The first kappa shape index (κ1) is 14.8. The molecule has 2 aromatic carbocycles. The second-order valence-electron chi connectivity index (χ2n) is 4.79. The minimum Gasteiger partial charge on any atom is -0.399 e. The molecule has 23 heavy (non-hydrogen) atoms. The van der Waals surface area contributed by atoms with Crippen LogP contribution in [0.4, 0.5) is 21.4 Å². The highest BCUT2D eigenvalue weighted by Crippen LogP contribution is 2.44. The van der Waals surface area contributed by atoms with Crippen LogP contribution in [0.3, 0.4) is 0 Å². The van der Waals surface area contributed by atoms with Gasteiger partial charge >= 0.3 is 0 Å². The molecule has 0 saturated carbocycles. The zero-order valence-corrected chi connectivity index (χ0v) is 12.9. The summed E-state index contributed by atoms with van der Waals surface area (Å²) in [5.41, 5.74) is 15.0. The maximum atomic E-state index is 9.39. The number of nitrogens with zero attached hydrogens (tertiary/aromatic N) is 3. The maximum absolute atomic E-state index is 9.39. The van der Waals surface area contributed by atoms with Crippen molar-refractivity contribution in [2.75, 3.05) is 11.5 Å². The summed E-state index contributed by atoms with van der Waals surface area (Å²) in [6, 6.07) is 18.8. The fraction of sp³-hybridized carbons (Fsp3) is 0. The standard InChI is InChI=1S/C17H13N5S/c18-10-14-15(11-6-8-12(19)9-7-11)17(23-16(14)20)22-21-13-4-2-1-3-5-13/h1-9H,19-20H2. The fourth-order valence-electron chi connectivity index (χ4n) is 2.13. The van der Waals surface area contributed by atoms with Crippen molar-refractivity contribution in [3.8, 4) is 17.2 Å². The van der Waals surface area contributed by atoms with Gasteiger partial charge in [-0.1, -0.05) is 41.7 Å². The summed E-state index contributed by atoms with van der Waals surface area (Å²) in [6.45, 7) is 0. The lowest BCUT2D eigenvalue weighted by Gasteiger charge is -2.02. The summed E-state index contributed by atoms with van der Waals surface area (Å²) in [4.78, 5) is 0. The first-order chi connectivity index (χ1) is 11.2. The summed E-state index contributed by atoms with van der Waals surface area (Å²) >= 11 is 1.25. The molecule has 0 saturated heterocycles. The molecule has 1 heterocycles. The number of nitriles is 1. The van der Waals surface area contributed by atoms with Gasteiger partial charge < -0.3 is 11.5 Å². The van der Waals surface area contributed by atoms with Crippen LogP contribution < -0.4 is 11.5 Å². The number of thiophene rings is 1. The average Bonchev–Trinajstić information content (AvgIpc) is 2.90. The molecule has 0 amide bonds. The lowest BCUT2D eigenvalue weighted by molar-refractivity contribution is 1.25. The van der Waals surface area contributed by atoms with Crippen LogP contribution in [-0.4, -0.2) is 0 Å². The monoisotopic (exact) mass is 319 g/mol. The molecule has 0 aliphatic rings. The molecule has 0 bridgehead atoms. The molecular weight excluding hydrogens is 306 g/mol. The van der Waals surface area contributed by atoms with Crippen LogP contribution in [0.1, 0.15) is 5.56 Å². The van der Waals surface area contributed by atoms with Gasteiger partial charge in [-0.15, -0.1) is 10.2 Å². The number of nitrogens with two attached hydrogens (primary N) is 2. The van der Waals surface area contributed by atoms with E-state index in [9.17, 15) is 5.26 Å². The number of hydrogen-bond donors (Lipinski definition) is 2. The van der Waals surface area contributed by atoms with Crippen molar-refractivity contribution >= 4 is 32.7 Å². The number of azo groups is 1. The molecule has 0 aliphatic heterocycles. The van der Waals surface area contributed by atoms with Crippen molar-refractivity contribution < 1.29 is 0 Å². The Morgan fingerprint density at radius 1 is 0.913 bits per heavy atom. The second-order valence-corrected chi connectivity index (χ2v) is 5.82. The lowest BCUT2D eigenvalue weighted by atomic mass is 10.0. The van der Waals surface area contributed by atoms with Gasteiger partial charge in [-0.05, 0) is 29.8 Å². The topological polar surface area (TPSA) is 101 Å². The normalized spacial score (nSPS) is 10.7. The molecule has 0 fully saturated rings. The Labute approximate surface area is 137 Å². The summed E-state index contributed by atoms with van der Waals surface area (Å²) in [6.07, 6.45) is 0. The van der Waals surface area contributed by atoms with E-state index in [0.717, 1.165) is 11.3 Å². The van der Waals surface area contributed by atoms with Crippen molar-refractivity contribution in [2.24, 2.45) is 10.2 Å². The summed E-state index contributed by atoms with van der Waals surface area (Å²) in [5.74, 6) is 0. The predicted molar refractivity (Wildman–Crippen MR) is 93.9 cm³/mol.